The Hall–Kier alpha value is -2.99. The number of halogens is 6. The van der Waals surface area contributed by atoms with Crippen molar-refractivity contribution >= 4 is 62.3 Å². The minimum Gasteiger partial charge on any atom is -0.352 e. The molecule has 3 aromatic rings. The molecule has 0 unspecified atom stereocenters. The van der Waals surface area contributed by atoms with Crippen molar-refractivity contribution in [3.05, 3.63) is 92.4 Å². The van der Waals surface area contributed by atoms with Gasteiger partial charge in [-0.2, -0.15) is 13.2 Å². The third-order valence-corrected chi connectivity index (χ3v) is 10.6. The smallest absolute Gasteiger partial charge is 0.352 e. The van der Waals surface area contributed by atoms with E-state index in [1.807, 2.05) is 0 Å². The first kappa shape index (κ1) is 35.9. The van der Waals surface area contributed by atoms with Gasteiger partial charge in [-0.1, -0.05) is 77.8 Å². The Kier molecular flexibility index (Phi) is 11.6. The van der Waals surface area contributed by atoms with Crippen molar-refractivity contribution in [2.24, 2.45) is 0 Å². The van der Waals surface area contributed by atoms with E-state index in [1.165, 1.54) is 37.3 Å². The first-order valence-electron chi connectivity index (χ1n) is 14.6. The van der Waals surface area contributed by atoms with Crippen LogP contribution in [0.4, 0.5) is 18.9 Å². The summed E-state index contributed by atoms with van der Waals surface area (Å²) >= 11 is 18.3. The molecular formula is C32H33Cl3F3N3O4S. The Labute approximate surface area is 281 Å². The highest BCUT2D eigenvalue weighted by molar-refractivity contribution is 7.92. The minimum atomic E-state index is -4.90. The predicted octanol–water partition coefficient (Wildman–Crippen LogP) is 8.04. The Balaban J connectivity index is 1.76. The van der Waals surface area contributed by atoms with Crippen LogP contribution >= 0.6 is 34.8 Å². The van der Waals surface area contributed by atoms with Gasteiger partial charge in [0.05, 0.1) is 21.2 Å². The molecule has 0 aliphatic heterocycles. The number of rotatable bonds is 10. The van der Waals surface area contributed by atoms with Crippen LogP contribution in [0.3, 0.4) is 0 Å². The van der Waals surface area contributed by atoms with E-state index in [2.05, 4.69) is 5.32 Å². The normalized spacial score (nSPS) is 14.9. The quantitative estimate of drug-likeness (QED) is 0.230. The molecule has 1 aliphatic carbocycles. The SMILES string of the molecule is Cc1ccc(S(=O)(=O)N(CC(=O)N(Cc2ccc(Cl)cc2Cl)[C@@H](C)C(=O)NC2CCCCC2)c2ccc(Cl)c(C(F)(F)F)c2)cc1. The summed E-state index contributed by atoms with van der Waals surface area (Å²) in [5.41, 5.74) is -0.533. The largest absolute Gasteiger partial charge is 0.417 e. The number of hydrogen-bond acceptors (Lipinski definition) is 4. The topological polar surface area (TPSA) is 86.8 Å². The molecule has 0 bridgehead atoms. The van der Waals surface area contributed by atoms with E-state index in [0.29, 0.717) is 21.0 Å². The summed E-state index contributed by atoms with van der Waals surface area (Å²) in [6.07, 6.45) is -0.357. The first-order valence-corrected chi connectivity index (χ1v) is 17.1. The van der Waals surface area contributed by atoms with Gasteiger partial charge in [-0.25, -0.2) is 8.42 Å². The lowest BCUT2D eigenvalue weighted by Gasteiger charge is -2.33. The third kappa shape index (κ3) is 8.67. The van der Waals surface area contributed by atoms with Gasteiger partial charge in [0.1, 0.15) is 12.6 Å². The standard InChI is InChI=1S/C32H33Cl3F3N3O4S/c1-20-8-13-26(14-9-20)46(44,45)41(25-12-15-28(34)27(17-25)32(36,37)38)19-30(42)40(18-22-10-11-23(33)16-29(22)35)21(2)31(43)39-24-6-4-3-5-7-24/h8-17,21,24H,3-7,18-19H2,1-2H3,(H,39,43)/t21-/m0/s1. The van der Waals surface area contributed by atoms with Crippen molar-refractivity contribution < 1.29 is 31.2 Å². The molecule has 2 amide bonds. The Morgan fingerprint density at radius 2 is 1.59 bits per heavy atom. The number of benzene rings is 3. The van der Waals surface area contributed by atoms with E-state index >= 15 is 0 Å². The first-order chi connectivity index (χ1) is 21.6. The fraction of sp³-hybridized carbons (Fsp3) is 0.375. The van der Waals surface area contributed by atoms with Gasteiger partial charge in [-0.15, -0.1) is 0 Å². The lowest BCUT2D eigenvalue weighted by Crippen LogP contribution is -2.53. The fourth-order valence-corrected chi connectivity index (χ4v) is 7.34. The maximum Gasteiger partial charge on any atom is 0.417 e. The lowest BCUT2D eigenvalue weighted by atomic mass is 9.95. The summed E-state index contributed by atoms with van der Waals surface area (Å²) in [4.78, 5) is 28.5. The van der Waals surface area contributed by atoms with Gasteiger partial charge in [0, 0.05) is 22.6 Å². The van der Waals surface area contributed by atoms with Crippen LogP contribution in [0.5, 0.6) is 0 Å². The van der Waals surface area contributed by atoms with Crippen LogP contribution in [-0.4, -0.2) is 43.8 Å². The van der Waals surface area contributed by atoms with Gasteiger partial charge in [-0.05, 0) is 74.7 Å². The van der Waals surface area contributed by atoms with Crippen molar-refractivity contribution in [1.29, 1.82) is 0 Å². The van der Waals surface area contributed by atoms with E-state index in [4.69, 9.17) is 34.8 Å². The second-order valence-corrected chi connectivity index (χ2v) is 14.4. The maximum atomic E-state index is 14.2. The van der Waals surface area contributed by atoms with E-state index in [-0.39, 0.29) is 22.5 Å². The highest BCUT2D eigenvalue weighted by atomic mass is 35.5. The second kappa shape index (κ2) is 14.8. The van der Waals surface area contributed by atoms with Crippen LogP contribution in [0.1, 0.15) is 55.7 Å². The monoisotopic (exact) mass is 717 g/mol. The number of alkyl halides is 3. The Bertz CT molecular complexity index is 1680. The molecule has 3 aromatic carbocycles. The fourth-order valence-electron chi connectivity index (χ4n) is 5.24. The summed E-state index contributed by atoms with van der Waals surface area (Å²) < 4.78 is 70.1. The van der Waals surface area contributed by atoms with E-state index in [0.717, 1.165) is 54.7 Å². The number of nitrogens with zero attached hydrogens (tertiary/aromatic N) is 2. The second-order valence-electron chi connectivity index (χ2n) is 11.3. The van der Waals surface area contributed by atoms with Gasteiger partial charge in [0.15, 0.2) is 0 Å². The Morgan fingerprint density at radius 3 is 2.20 bits per heavy atom. The zero-order valence-corrected chi connectivity index (χ0v) is 28.2. The summed E-state index contributed by atoms with van der Waals surface area (Å²) in [5, 5.41) is 2.90. The van der Waals surface area contributed by atoms with Crippen LogP contribution in [0.15, 0.2) is 65.6 Å². The molecular weight excluding hydrogens is 686 g/mol. The molecule has 1 aliphatic rings. The van der Waals surface area contributed by atoms with Crippen molar-refractivity contribution in [2.45, 2.75) is 75.7 Å². The molecule has 248 valence electrons. The summed E-state index contributed by atoms with van der Waals surface area (Å²) in [6.45, 7) is 2.11. The number of carbonyl (C=O) groups excluding carboxylic acids is 2. The van der Waals surface area contributed by atoms with Crippen LogP contribution in [-0.2, 0) is 32.3 Å². The lowest BCUT2D eigenvalue weighted by molar-refractivity contribution is -0.139. The molecule has 46 heavy (non-hydrogen) atoms. The van der Waals surface area contributed by atoms with Crippen LogP contribution in [0.25, 0.3) is 0 Å². The van der Waals surface area contributed by atoms with Crippen molar-refractivity contribution in [1.82, 2.24) is 10.2 Å². The molecule has 0 spiro atoms. The van der Waals surface area contributed by atoms with Crippen LogP contribution < -0.4 is 9.62 Å². The maximum absolute atomic E-state index is 14.2. The number of hydrogen-bond donors (Lipinski definition) is 1. The van der Waals surface area contributed by atoms with Gasteiger partial charge >= 0.3 is 6.18 Å². The van der Waals surface area contributed by atoms with Crippen LogP contribution in [0, 0.1) is 6.92 Å². The molecule has 4 rings (SSSR count). The molecule has 1 N–H and O–H groups in total. The van der Waals surface area contributed by atoms with Gasteiger partial charge < -0.3 is 10.2 Å². The Morgan fingerprint density at radius 1 is 0.935 bits per heavy atom. The van der Waals surface area contributed by atoms with Gasteiger partial charge in [-0.3, -0.25) is 13.9 Å². The number of aryl methyl sites for hydroxylation is 1. The molecule has 14 heteroatoms. The molecule has 1 saturated carbocycles. The molecule has 7 nitrogen and oxygen atoms in total. The number of nitrogens with one attached hydrogen (secondary N) is 1. The number of amides is 2. The minimum absolute atomic E-state index is 0.0759. The highest BCUT2D eigenvalue weighted by Gasteiger charge is 2.37. The van der Waals surface area contributed by atoms with E-state index in [1.54, 1.807) is 19.1 Å². The summed E-state index contributed by atoms with van der Waals surface area (Å²) in [7, 11) is -4.60. The predicted molar refractivity (Wildman–Crippen MR) is 174 cm³/mol. The van der Waals surface area contributed by atoms with Gasteiger partial charge in [0.2, 0.25) is 11.8 Å². The number of carbonyl (C=O) groups is 2. The zero-order chi connectivity index (χ0) is 33.8. The average molecular weight is 719 g/mol. The van der Waals surface area contributed by atoms with Crippen molar-refractivity contribution in [2.75, 3.05) is 10.8 Å². The molecule has 0 heterocycles. The molecule has 1 fully saturated rings. The molecule has 0 saturated heterocycles. The van der Waals surface area contributed by atoms with Gasteiger partial charge in [0.25, 0.3) is 10.0 Å². The third-order valence-electron chi connectivity index (χ3n) is 7.91. The highest BCUT2D eigenvalue weighted by Crippen LogP contribution is 2.38. The summed E-state index contributed by atoms with van der Waals surface area (Å²) in [6, 6.07) is 11.7. The zero-order valence-electron chi connectivity index (χ0n) is 25.1. The molecule has 1 atom stereocenters. The average Bonchev–Trinajstić information content (AvgIpc) is 2.99. The number of sulfonamides is 1. The molecule has 0 radical (unpaired) electrons. The van der Waals surface area contributed by atoms with E-state index in [9.17, 15) is 31.2 Å². The van der Waals surface area contributed by atoms with Crippen molar-refractivity contribution in [3.8, 4) is 0 Å². The summed E-state index contributed by atoms with van der Waals surface area (Å²) in [5.74, 6) is -1.30. The molecule has 0 aromatic heterocycles. The number of anilines is 1. The van der Waals surface area contributed by atoms with Crippen LogP contribution in [0.2, 0.25) is 15.1 Å². The van der Waals surface area contributed by atoms with Crippen molar-refractivity contribution in [3.63, 3.8) is 0 Å². The van der Waals surface area contributed by atoms with E-state index < -0.39 is 56.9 Å².